The van der Waals surface area contributed by atoms with Gasteiger partial charge in [0, 0.05) is 29.6 Å². The molecular weight excluding hydrogens is 542 g/mol. The van der Waals surface area contributed by atoms with E-state index in [1.165, 1.54) is 19.1 Å². The molecule has 2 N–H and O–H groups in total. The molecule has 0 amide bonds. The second kappa shape index (κ2) is 9.69. The van der Waals surface area contributed by atoms with Crippen LogP contribution in [-0.4, -0.2) is 45.3 Å². The van der Waals surface area contributed by atoms with Crippen LogP contribution < -0.4 is 0 Å². The van der Waals surface area contributed by atoms with Crippen molar-refractivity contribution in [3.63, 3.8) is 0 Å². The number of ether oxygens (including phenoxy) is 1. The summed E-state index contributed by atoms with van der Waals surface area (Å²) in [6.07, 6.45) is 0.749. The summed E-state index contributed by atoms with van der Waals surface area (Å²) in [4.78, 5) is 38.5. The summed E-state index contributed by atoms with van der Waals surface area (Å²) in [6.45, 7) is 3.11. The number of carbonyl (C=O) groups is 3. The predicted molar refractivity (Wildman–Crippen MR) is 150 cm³/mol. The maximum atomic E-state index is 17.3. The number of hydrogen-bond acceptors (Lipinski definition) is 5. The molecule has 2 saturated carbocycles. The van der Waals surface area contributed by atoms with E-state index < -0.39 is 57.8 Å². The number of carboxylic acid groups (broad SMARTS) is 1. The lowest BCUT2D eigenvalue weighted by Gasteiger charge is -2.61. The smallest absolute Gasteiger partial charge is 0.348 e. The van der Waals surface area contributed by atoms with E-state index in [9.17, 15) is 24.6 Å². The zero-order chi connectivity index (χ0) is 30.1. The number of carbonyl (C=O) groups excluding carboxylic acids is 2. The van der Waals surface area contributed by atoms with Crippen LogP contribution in [0.4, 0.5) is 8.78 Å². The highest BCUT2D eigenvalue weighted by Crippen LogP contribution is 2.70. The molecule has 0 unspecified atom stereocenters. The van der Waals surface area contributed by atoms with Crippen LogP contribution in [0.15, 0.2) is 78.1 Å². The first-order valence-corrected chi connectivity index (χ1v) is 14.4. The molecule has 6 rings (SSSR count). The average molecular weight is 577 g/mol. The lowest BCUT2D eigenvalue weighted by Crippen LogP contribution is -2.69. The van der Waals surface area contributed by atoms with E-state index in [1.54, 1.807) is 31.2 Å². The molecule has 220 valence electrons. The Morgan fingerprint density at radius 3 is 2.36 bits per heavy atom. The number of halogens is 2. The van der Waals surface area contributed by atoms with E-state index in [1.807, 2.05) is 30.3 Å². The first-order valence-electron chi connectivity index (χ1n) is 14.4. The van der Waals surface area contributed by atoms with Gasteiger partial charge in [-0.1, -0.05) is 55.5 Å². The van der Waals surface area contributed by atoms with Crippen molar-refractivity contribution >= 4 is 17.7 Å². The minimum Gasteiger partial charge on any atom is -0.478 e. The zero-order valence-corrected chi connectivity index (χ0v) is 23.6. The van der Waals surface area contributed by atoms with Crippen molar-refractivity contribution in [1.82, 2.24) is 0 Å². The molecule has 42 heavy (non-hydrogen) atoms. The molecule has 0 aliphatic heterocycles. The van der Waals surface area contributed by atoms with Gasteiger partial charge < -0.3 is 14.9 Å². The van der Waals surface area contributed by atoms with E-state index in [4.69, 9.17) is 4.74 Å². The van der Waals surface area contributed by atoms with Crippen LogP contribution in [0.3, 0.4) is 0 Å². The van der Waals surface area contributed by atoms with E-state index in [0.717, 1.165) is 11.1 Å². The molecule has 4 aliphatic rings. The Labute approximate surface area is 243 Å². The SMILES string of the molecule is C[C@]12C=CC(=O)CC1=C(F)C[C@H]1[C@@H]3CC[C@](OC(=O)c4ccc(Cc5ccccc5)cc4)(C(=O)O)[C@@]3(C)C[C@H](O)[C@@]12F. The Morgan fingerprint density at radius 1 is 1.02 bits per heavy atom. The summed E-state index contributed by atoms with van der Waals surface area (Å²) < 4.78 is 38.8. The van der Waals surface area contributed by atoms with Crippen LogP contribution in [0.5, 0.6) is 0 Å². The Bertz CT molecular complexity index is 1520. The van der Waals surface area contributed by atoms with Crippen molar-refractivity contribution in [3.05, 3.63) is 94.8 Å². The quantitative estimate of drug-likeness (QED) is 0.429. The standard InChI is InChI=1S/C34H34F2O6/c1-31-14-12-23(37)17-26(31)27(35)18-25-24-13-15-33(30(40)41,32(24,2)19-28(38)34(25,31)36)42-29(39)22-10-8-21(9-11-22)16-20-6-4-3-5-7-20/h3-12,14,24-25,28,38H,13,15-19H2,1-2H3,(H,40,41)/t24-,25-,28-,31-,32-,33-,34-/m0/s1. The number of alkyl halides is 1. The third-order valence-corrected chi connectivity index (χ3v) is 10.8. The summed E-state index contributed by atoms with van der Waals surface area (Å²) in [5, 5.41) is 22.0. The number of esters is 1. The van der Waals surface area contributed by atoms with E-state index in [2.05, 4.69) is 0 Å². The number of allylic oxidation sites excluding steroid dienone is 4. The summed E-state index contributed by atoms with van der Waals surface area (Å²) in [6, 6.07) is 16.6. The number of ketones is 1. The van der Waals surface area contributed by atoms with Gasteiger partial charge in [0.25, 0.3) is 0 Å². The van der Waals surface area contributed by atoms with Gasteiger partial charge in [-0.15, -0.1) is 0 Å². The van der Waals surface area contributed by atoms with Gasteiger partial charge >= 0.3 is 11.9 Å². The Morgan fingerprint density at radius 2 is 1.69 bits per heavy atom. The van der Waals surface area contributed by atoms with Gasteiger partial charge in [0.1, 0.15) is 5.83 Å². The molecule has 0 heterocycles. The number of aliphatic hydroxyl groups is 1. The van der Waals surface area contributed by atoms with Crippen molar-refractivity contribution in [2.24, 2.45) is 22.7 Å². The van der Waals surface area contributed by atoms with E-state index in [-0.39, 0.29) is 49.0 Å². The molecule has 6 nitrogen and oxygen atoms in total. The van der Waals surface area contributed by atoms with Crippen LogP contribution in [0.25, 0.3) is 0 Å². The minimum absolute atomic E-state index is 0.0426. The lowest BCUT2D eigenvalue weighted by atomic mass is 9.45. The molecule has 0 radical (unpaired) electrons. The van der Waals surface area contributed by atoms with Crippen molar-refractivity contribution in [3.8, 4) is 0 Å². The van der Waals surface area contributed by atoms with E-state index in [0.29, 0.717) is 6.42 Å². The maximum absolute atomic E-state index is 17.3. The summed E-state index contributed by atoms with van der Waals surface area (Å²) >= 11 is 0. The minimum atomic E-state index is -2.33. The van der Waals surface area contributed by atoms with Crippen LogP contribution in [0, 0.1) is 22.7 Å². The van der Waals surface area contributed by atoms with Crippen LogP contribution in [-0.2, 0) is 20.7 Å². The highest BCUT2D eigenvalue weighted by molar-refractivity contribution is 5.94. The van der Waals surface area contributed by atoms with Gasteiger partial charge in [0.2, 0.25) is 5.60 Å². The number of carboxylic acids is 1. The maximum Gasteiger partial charge on any atom is 0.348 e. The first kappa shape index (κ1) is 28.5. The third-order valence-electron chi connectivity index (χ3n) is 10.8. The fourth-order valence-electron chi connectivity index (χ4n) is 8.54. The van der Waals surface area contributed by atoms with Gasteiger partial charge in [0.05, 0.1) is 11.7 Å². The predicted octanol–water partition coefficient (Wildman–Crippen LogP) is 5.93. The molecule has 0 bridgehead atoms. The summed E-state index contributed by atoms with van der Waals surface area (Å²) in [5.41, 5.74) is -5.01. The van der Waals surface area contributed by atoms with Gasteiger partial charge in [-0.2, -0.15) is 0 Å². The monoisotopic (exact) mass is 576 g/mol. The van der Waals surface area contributed by atoms with Crippen LogP contribution in [0.1, 0.15) is 67.4 Å². The normalized spacial score (nSPS) is 37.1. The number of rotatable bonds is 5. The highest BCUT2D eigenvalue weighted by atomic mass is 19.1. The molecule has 2 aromatic rings. The van der Waals surface area contributed by atoms with Crippen LogP contribution >= 0.6 is 0 Å². The Hall–Kier alpha value is -3.65. The third kappa shape index (κ3) is 3.87. The molecule has 0 aromatic heterocycles. The molecule has 2 fully saturated rings. The molecule has 4 aliphatic carbocycles. The zero-order valence-electron chi connectivity index (χ0n) is 23.6. The molecule has 7 atom stereocenters. The topological polar surface area (TPSA) is 101 Å². The second-order valence-electron chi connectivity index (χ2n) is 12.8. The summed E-state index contributed by atoms with van der Waals surface area (Å²) in [7, 11) is 0. The van der Waals surface area contributed by atoms with Crippen molar-refractivity contribution in [2.75, 3.05) is 0 Å². The van der Waals surface area contributed by atoms with Gasteiger partial charge in [0.15, 0.2) is 11.5 Å². The van der Waals surface area contributed by atoms with Gasteiger partial charge in [-0.3, -0.25) is 4.79 Å². The molecule has 0 spiro atoms. The number of aliphatic carboxylic acids is 1. The first-order chi connectivity index (χ1) is 19.9. The van der Waals surface area contributed by atoms with Gasteiger partial charge in [-0.05, 0) is 73.4 Å². The van der Waals surface area contributed by atoms with E-state index >= 15 is 8.78 Å². The summed E-state index contributed by atoms with van der Waals surface area (Å²) in [5.74, 6) is -4.89. The molecular formula is C34H34F2O6. The number of aliphatic hydroxyl groups excluding tert-OH is 1. The lowest BCUT2D eigenvalue weighted by molar-refractivity contribution is -0.220. The Kier molecular flexibility index (Phi) is 6.57. The number of hydrogen-bond donors (Lipinski definition) is 2. The number of benzene rings is 2. The molecule has 2 aromatic carbocycles. The fraction of sp³-hybridized carbons (Fsp3) is 0.441. The second-order valence-corrected chi connectivity index (χ2v) is 12.8. The van der Waals surface area contributed by atoms with Crippen LogP contribution in [0.2, 0.25) is 0 Å². The van der Waals surface area contributed by atoms with Crippen molar-refractivity contribution in [2.45, 2.75) is 69.7 Å². The molecule has 8 heteroatoms. The average Bonchev–Trinajstić information content (AvgIpc) is 3.24. The number of fused-ring (bicyclic) bond motifs is 5. The fourth-order valence-corrected chi connectivity index (χ4v) is 8.54. The highest BCUT2D eigenvalue weighted by Gasteiger charge is 2.76. The van der Waals surface area contributed by atoms with Gasteiger partial charge in [-0.25, -0.2) is 18.4 Å². The van der Waals surface area contributed by atoms with Crippen molar-refractivity contribution < 1.29 is 38.1 Å². The largest absolute Gasteiger partial charge is 0.478 e. The van der Waals surface area contributed by atoms with Crippen molar-refractivity contribution in [1.29, 1.82) is 0 Å². The molecule has 0 saturated heterocycles. The Balaban J connectivity index is 1.31.